The molecule has 3 unspecified atom stereocenters. The zero-order valence-electron chi connectivity index (χ0n) is 29.4. The van der Waals surface area contributed by atoms with Crippen LogP contribution in [0.5, 0.6) is 0 Å². The number of carboxylic acid groups (broad SMARTS) is 1. The van der Waals surface area contributed by atoms with Gasteiger partial charge in [-0.15, -0.1) is 0 Å². The highest BCUT2D eigenvalue weighted by Gasteiger charge is 2.37. The van der Waals surface area contributed by atoms with Crippen molar-refractivity contribution in [2.45, 2.75) is 103 Å². The molecule has 0 spiro atoms. The van der Waals surface area contributed by atoms with Crippen LogP contribution in [0.4, 0.5) is 4.79 Å². The summed E-state index contributed by atoms with van der Waals surface area (Å²) in [5.41, 5.74) is 0.313. The van der Waals surface area contributed by atoms with Crippen LogP contribution in [0.2, 0.25) is 0 Å². The second kappa shape index (κ2) is 20.9. The summed E-state index contributed by atoms with van der Waals surface area (Å²) in [5.74, 6) is -5.87. The summed E-state index contributed by atoms with van der Waals surface area (Å²) in [6.45, 7) is 5.54. The van der Waals surface area contributed by atoms with Gasteiger partial charge in [0, 0.05) is 6.42 Å². The maximum Gasteiger partial charge on any atom is 0.407 e. The third-order valence-corrected chi connectivity index (χ3v) is 8.51. The van der Waals surface area contributed by atoms with E-state index in [1.54, 1.807) is 25.1 Å². The summed E-state index contributed by atoms with van der Waals surface area (Å²) in [5, 5.41) is 22.0. The average Bonchev–Trinajstić information content (AvgIpc) is 3.64. The van der Waals surface area contributed by atoms with E-state index in [0.29, 0.717) is 24.8 Å². The van der Waals surface area contributed by atoms with E-state index in [9.17, 15) is 38.7 Å². The highest BCUT2D eigenvalue weighted by atomic mass is 16.7. The monoisotopic (exact) mass is 717 g/mol. The Bertz CT molecular complexity index is 1350. The first-order valence-corrected chi connectivity index (χ1v) is 17.6. The van der Waals surface area contributed by atoms with Gasteiger partial charge in [0.25, 0.3) is 5.91 Å². The number of benzene rings is 1. The largest absolute Gasteiger partial charge is 0.479 e. The molecule has 0 aromatic heterocycles. The number of carbonyl (C=O) groups excluding carboxylic acids is 6. The molecule has 51 heavy (non-hydrogen) atoms. The first kappa shape index (κ1) is 40.9. The Kier molecular flexibility index (Phi) is 16.8. The summed E-state index contributed by atoms with van der Waals surface area (Å²) in [6.07, 6.45) is 2.91. The van der Waals surface area contributed by atoms with Crippen LogP contribution in [0.3, 0.4) is 0 Å². The molecule has 1 aliphatic carbocycles. The minimum atomic E-state index is -1.38. The van der Waals surface area contributed by atoms with Crippen molar-refractivity contribution >= 4 is 41.5 Å². The molecule has 2 fully saturated rings. The van der Waals surface area contributed by atoms with E-state index in [1.165, 1.54) is 12.1 Å². The molecule has 1 heterocycles. The number of hydrogen-bond acceptors (Lipinski definition) is 10. The zero-order chi connectivity index (χ0) is 37.3. The molecule has 6 N–H and O–H groups in total. The third-order valence-electron chi connectivity index (χ3n) is 8.51. The fourth-order valence-corrected chi connectivity index (χ4v) is 5.89. The first-order chi connectivity index (χ1) is 24.4. The summed E-state index contributed by atoms with van der Waals surface area (Å²) in [4.78, 5) is 90.4. The van der Waals surface area contributed by atoms with Gasteiger partial charge in [-0.25, -0.2) is 9.59 Å². The van der Waals surface area contributed by atoms with E-state index in [1.807, 2.05) is 13.8 Å². The lowest BCUT2D eigenvalue weighted by atomic mass is 9.83. The van der Waals surface area contributed by atoms with Crippen LogP contribution >= 0.6 is 0 Å². The number of alkyl carbamates (subject to hydrolysis) is 1. The summed E-state index contributed by atoms with van der Waals surface area (Å²) in [7, 11) is 0. The molecule has 4 atom stereocenters. The molecular weight excluding hydrogens is 666 g/mol. The maximum atomic E-state index is 13.8. The van der Waals surface area contributed by atoms with Crippen molar-refractivity contribution in [1.29, 1.82) is 0 Å². The van der Waals surface area contributed by atoms with Crippen molar-refractivity contribution in [3.05, 3.63) is 35.9 Å². The number of aliphatic carboxylic acids is 1. The van der Waals surface area contributed by atoms with Crippen molar-refractivity contribution in [2.75, 3.05) is 26.4 Å². The summed E-state index contributed by atoms with van der Waals surface area (Å²) in [6, 6.07) is 3.00. The molecule has 16 heteroatoms. The number of nitrogens with one attached hydrogen (secondary N) is 5. The minimum absolute atomic E-state index is 0.0598. The number of ether oxygens (including phenoxy) is 3. The van der Waals surface area contributed by atoms with Crippen molar-refractivity contribution in [3.63, 3.8) is 0 Å². The van der Waals surface area contributed by atoms with Gasteiger partial charge in [-0.2, -0.15) is 0 Å². The quantitative estimate of drug-likeness (QED) is 0.112. The minimum Gasteiger partial charge on any atom is -0.479 e. The molecule has 1 aromatic carbocycles. The molecule has 1 saturated carbocycles. The van der Waals surface area contributed by atoms with Crippen LogP contribution in [0.15, 0.2) is 30.3 Å². The lowest BCUT2D eigenvalue weighted by Crippen LogP contribution is -2.59. The molecule has 3 rings (SSSR count). The zero-order valence-corrected chi connectivity index (χ0v) is 29.4. The van der Waals surface area contributed by atoms with Gasteiger partial charge >= 0.3 is 12.1 Å². The van der Waals surface area contributed by atoms with Crippen LogP contribution < -0.4 is 26.6 Å². The average molecular weight is 718 g/mol. The number of ketones is 1. The topological polar surface area (TPSA) is 228 Å². The Morgan fingerprint density at radius 2 is 1.51 bits per heavy atom. The predicted molar refractivity (Wildman–Crippen MR) is 182 cm³/mol. The van der Waals surface area contributed by atoms with Crippen molar-refractivity contribution < 1.29 is 52.9 Å². The SMILES string of the molecule is CCC[C@H](NC(=O)C(CC1OCCO1)NC(=O)C(NC(=O)OCC(C)C)C1CCCCC1)C(=O)C(=O)NCC(=O)NC(C(=O)O)c1ccccc1. The van der Waals surface area contributed by atoms with Crippen molar-refractivity contribution in [2.24, 2.45) is 11.8 Å². The molecule has 1 aromatic rings. The second-order valence-electron chi connectivity index (χ2n) is 13.1. The Balaban J connectivity index is 1.68. The van der Waals surface area contributed by atoms with E-state index in [2.05, 4.69) is 26.6 Å². The standard InChI is InChI=1S/C35H51N5O11/c1-4-11-24(30(42)33(45)36-19-26(41)39-29(34(46)47)23-14-9-6-10-15-23)37-31(43)25(18-27-49-16-17-50-27)38-32(44)28(22-12-7-5-8-13-22)40-35(48)51-20-21(2)3/h6,9-10,14-15,21-22,24-25,27-29H,4-5,7-8,11-13,16-20H2,1-3H3,(H,36,45)(H,37,43)(H,38,44)(H,39,41)(H,40,48)(H,46,47)/t24-,25?,28?,29?/m0/s1. The van der Waals surface area contributed by atoms with Crippen LogP contribution in [-0.2, 0) is 43.0 Å². The Morgan fingerprint density at radius 1 is 0.863 bits per heavy atom. The molecular formula is C35H51N5O11. The fourth-order valence-electron chi connectivity index (χ4n) is 5.89. The highest BCUT2D eigenvalue weighted by molar-refractivity contribution is 6.38. The van der Waals surface area contributed by atoms with Gasteiger partial charge in [0.05, 0.1) is 32.4 Å². The molecule has 1 saturated heterocycles. The molecule has 1 aliphatic heterocycles. The molecule has 0 bridgehead atoms. The number of Topliss-reactive ketones (excluding diaryl/α,β-unsaturated/α-hetero) is 1. The van der Waals surface area contributed by atoms with Crippen LogP contribution in [-0.4, -0.2) is 97.4 Å². The molecule has 16 nitrogen and oxygen atoms in total. The molecule has 0 radical (unpaired) electrons. The number of amides is 5. The number of hydrogen-bond donors (Lipinski definition) is 6. The van der Waals surface area contributed by atoms with E-state index >= 15 is 0 Å². The van der Waals surface area contributed by atoms with Crippen LogP contribution in [0, 0.1) is 11.8 Å². The Morgan fingerprint density at radius 3 is 2.12 bits per heavy atom. The third kappa shape index (κ3) is 13.6. The van der Waals surface area contributed by atoms with Gasteiger partial charge in [0.15, 0.2) is 12.3 Å². The van der Waals surface area contributed by atoms with Gasteiger partial charge in [0.2, 0.25) is 23.5 Å². The summed E-state index contributed by atoms with van der Waals surface area (Å²) < 4.78 is 16.3. The van der Waals surface area contributed by atoms with Gasteiger partial charge in [0.1, 0.15) is 12.1 Å². The smallest absolute Gasteiger partial charge is 0.407 e. The molecule has 5 amide bonds. The first-order valence-electron chi connectivity index (χ1n) is 17.6. The second-order valence-corrected chi connectivity index (χ2v) is 13.1. The lowest BCUT2D eigenvalue weighted by molar-refractivity contribution is -0.143. The van der Waals surface area contributed by atoms with Gasteiger partial charge in [-0.05, 0) is 36.7 Å². The Labute approximate surface area is 297 Å². The molecule has 282 valence electrons. The van der Waals surface area contributed by atoms with E-state index in [4.69, 9.17) is 14.2 Å². The van der Waals surface area contributed by atoms with Gasteiger partial charge < -0.3 is 45.9 Å². The highest BCUT2D eigenvalue weighted by Crippen LogP contribution is 2.27. The number of carboxylic acids is 1. The predicted octanol–water partition coefficient (Wildman–Crippen LogP) is 1.48. The van der Waals surface area contributed by atoms with Crippen molar-refractivity contribution in [1.82, 2.24) is 26.6 Å². The lowest BCUT2D eigenvalue weighted by Gasteiger charge is -2.31. The van der Waals surface area contributed by atoms with E-state index in [-0.39, 0.29) is 44.5 Å². The fraction of sp³-hybridized carbons (Fsp3) is 0.629. The molecule has 2 aliphatic rings. The van der Waals surface area contributed by atoms with Gasteiger partial charge in [-0.3, -0.25) is 24.0 Å². The van der Waals surface area contributed by atoms with Crippen molar-refractivity contribution in [3.8, 4) is 0 Å². The normalized spacial score (nSPS) is 17.3. The maximum absolute atomic E-state index is 13.8. The van der Waals surface area contributed by atoms with Crippen LogP contribution in [0.1, 0.15) is 83.7 Å². The number of carbonyl (C=O) groups is 7. The number of rotatable bonds is 19. The van der Waals surface area contributed by atoms with E-state index < -0.39 is 78.5 Å². The van der Waals surface area contributed by atoms with E-state index in [0.717, 1.165) is 19.3 Å². The van der Waals surface area contributed by atoms with Crippen LogP contribution in [0.25, 0.3) is 0 Å². The Hall–Kier alpha value is -4.57. The van der Waals surface area contributed by atoms with Gasteiger partial charge in [-0.1, -0.05) is 76.8 Å². The summed E-state index contributed by atoms with van der Waals surface area (Å²) >= 11 is 0.